The van der Waals surface area contributed by atoms with Gasteiger partial charge in [0.15, 0.2) is 0 Å². The van der Waals surface area contributed by atoms with Crippen LogP contribution >= 0.6 is 11.3 Å². The van der Waals surface area contributed by atoms with Crippen molar-refractivity contribution in [3.63, 3.8) is 0 Å². The minimum absolute atomic E-state index is 0.000267. The Kier molecular flexibility index (Phi) is 5.88. The zero-order valence-corrected chi connectivity index (χ0v) is 15.6. The van der Waals surface area contributed by atoms with Crippen LogP contribution in [0.5, 0.6) is 0 Å². The largest absolute Gasteiger partial charge is 0.342 e. The Labute approximate surface area is 156 Å². The van der Waals surface area contributed by atoms with E-state index >= 15 is 0 Å². The van der Waals surface area contributed by atoms with Crippen molar-refractivity contribution < 1.29 is 9.59 Å². The van der Waals surface area contributed by atoms with Crippen LogP contribution in [0.15, 0.2) is 40.5 Å². The Bertz CT molecular complexity index is 828. The second-order valence-corrected chi connectivity index (χ2v) is 7.40. The summed E-state index contributed by atoms with van der Waals surface area (Å²) in [7, 11) is 0. The first-order valence-electron chi connectivity index (χ1n) is 8.83. The van der Waals surface area contributed by atoms with Crippen molar-refractivity contribution in [3.8, 4) is 0 Å². The van der Waals surface area contributed by atoms with Crippen LogP contribution in [-0.4, -0.2) is 34.4 Å². The lowest BCUT2D eigenvalue weighted by Gasteiger charge is -2.32. The van der Waals surface area contributed by atoms with E-state index in [9.17, 15) is 14.4 Å². The smallest absolute Gasteiger partial charge is 0.307 e. The minimum Gasteiger partial charge on any atom is -0.342 e. The molecule has 1 atom stereocenters. The predicted molar refractivity (Wildman–Crippen MR) is 102 cm³/mol. The van der Waals surface area contributed by atoms with E-state index in [-0.39, 0.29) is 29.0 Å². The third-order valence-electron chi connectivity index (χ3n) is 4.71. The fraction of sp³-hybridized carbons (Fsp3) is 0.421. The summed E-state index contributed by atoms with van der Waals surface area (Å²) < 4.78 is 1.63. The van der Waals surface area contributed by atoms with Gasteiger partial charge in [0.25, 0.3) is 0 Å². The number of carbonyl (C=O) groups excluding carboxylic acids is 2. The molecule has 1 saturated heterocycles. The first-order valence-corrected chi connectivity index (χ1v) is 9.71. The van der Waals surface area contributed by atoms with Gasteiger partial charge in [-0.1, -0.05) is 29.5 Å². The van der Waals surface area contributed by atoms with Crippen molar-refractivity contribution in [2.45, 2.75) is 32.7 Å². The molecule has 2 heterocycles. The van der Waals surface area contributed by atoms with Crippen LogP contribution in [-0.2, 0) is 16.1 Å². The quantitative estimate of drug-likeness (QED) is 0.875. The summed E-state index contributed by atoms with van der Waals surface area (Å²) in [6.07, 6.45) is 1.88. The molecule has 1 aromatic carbocycles. The highest BCUT2D eigenvalue weighted by molar-refractivity contribution is 7.07. The Hall–Kier alpha value is -2.41. The molecule has 2 amide bonds. The first kappa shape index (κ1) is 18.4. The molecule has 7 heteroatoms. The van der Waals surface area contributed by atoms with Gasteiger partial charge in [-0.3, -0.25) is 14.4 Å². The van der Waals surface area contributed by atoms with Crippen molar-refractivity contribution in [2.24, 2.45) is 5.92 Å². The predicted octanol–water partition coefficient (Wildman–Crippen LogP) is 2.49. The van der Waals surface area contributed by atoms with Crippen LogP contribution in [0.4, 0.5) is 5.69 Å². The molecule has 0 spiro atoms. The fourth-order valence-electron chi connectivity index (χ4n) is 3.22. The summed E-state index contributed by atoms with van der Waals surface area (Å²) in [5.41, 5.74) is 1.65. The van der Waals surface area contributed by atoms with Crippen LogP contribution < -0.4 is 10.2 Å². The lowest BCUT2D eigenvalue weighted by atomic mass is 9.96. The van der Waals surface area contributed by atoms with E-state index in [4.69, 9.17) is 0 Å². The van der Waals surface area contributed by atoms with Crippen LogP contribution in [0, 0.1) is 12.8 Å². The summed E-state index contributed by atoms with van der Waals surface area (Å²) in [6, 6.07) is 9.35. The van der Waals surface area contributed by atoms with Crippen LogP contribution in [0.1, 0.15) is 25.0 Å². The number of aryl methyl sites for hydroxylation is 1. The van der Waals surface area contributed by atoms with Gasteiger partial charge in [0, 0.05) is 42.8 Å². The molecule has 3 rings (SSSR count). The van der Waals surface area contributed by atoms with Crippen molar-refractivity contribution in [1.82, 2.24) is 9.47 Å². The van der Waals surface area contributed by atoms with Gasteiger partial charge < -0.3 is 14.8 Å². The molecule has 138 valence electrons. The number of aromatic nitrogens is 1. The Morgan fingerprint density at radius 2 is 2.04 bits per heavy atom. The molecule has 1 N–H and O–H groups in total. The van der Waals surface area contributed by atoms with E-state index in [0.29, 0.717) is 19.6 Å². The topological polar surface area (TPSA) is 71.4 Å². The molecule has 26 heavy (non-hydrogen) atoms. The molecule has 1 fully saturated rings. The molecule has 0 radical (unpaired) electrons. The fourth-order valence-corrected chi connectivity index (χ4v) is 3.98. The number of amides is 2. The number of hydrogen-bond donors (Lipinski definition) is 1. The van der Waals surface area contributed by atoms with Gasteiger partial charge in [-0.05, 0) is 31.9 Å². The number of anilines is 1. The monoisotopic (exact) mass is 373 g/mol. The standard InChI is InChI=1S/C19H23N3O3S/c1-14-13-26-19(25)22(14)11-9-17(23)21-10-5-6-15(12-21)18(24)20-16-7-3-2-4-8-16/h2-4,7-8,13,15H,5-6,9-12H2,1H3,(H,20,24)/t15-/m0/s1. The maximum atomic E-state index is 12.5. The molecule has 0 unspecified atom stereocenters. The molecule has 1 aromatic heterocycles. The lowest BCUT2D eigenvalue weighted by Crippen LogP contribution is -2.44. The van der Waals surface area contributed by atoms with E-state index < -0.39 is 0 Å². The normalized spacial score (nSPS) is 17.1. The average molecular weight is 373 g/mol. The summed E-state index contributed by atoms with van der Waals surface area (Å²) in [5.74, 6) is -0.239. The zero-order chi connectivity index (χ0) is 18.5. The maximum Gasteiger partial charge on any atom is 0.307 e. The summed E-state index contributed by atoms with van der Waals surface area (Å²) in [4.78, 5) is 38.5. The number of likely N-dealkylation sites (tertiary alicyclic amines) is 1. The highest BCUT2D eigenvalue weighted by atomic mass is 32.1. The number of nitrogens with one attached hydrogen (secondary N) is 1. The number of para-hydroxylation sites is 1. The number of hydrogen-bond acceptors (Lipinski definition) is 4. The number of carbonyl (C=O) groups is 2. The van der Waals surface area contributed by atoms with Crippen LogP contribution in [0.3, 0.4) is 0 Å². The van der Waals surface area contributed by atoms with E-state index in [1.165, 1.54) is 0 Å². The van der Waals surface area contributed by atoms with Crippen molar-refractivity contribution in [2.75, 3.05) is 18.4 Å². The molecular weight excluding hydrogens is 350 g/mol. The second-order valence-electron chi connectivity index (χ2n) is 6.58. The van der Waals surface area contributed by atoms with E-state index in [1.807, 2.05) is 37.3 Å². The van der Waals surface area contributed by atoms with Crippen molar-refractivity contribution in [3.05, 3.63) is 51.1 Å². The average Bonchev–Trinajstić information content (AvgIpc) is 2.98. The number of thiazole rings is 1. The van der Waals surface area contributed by atoms with E-state index in [1.54, 1.807) is 14.8 Å². The molecule has 1 aliphatic heterocycles. The van der Waals surface area contributed by atoms with Gasteiger partial charge >= 0.3 is 4.87 Å². The number of rotatable bonds is 5. The molecule has 0 bridgehead atoms. The molecule has 1 aliphatic rings. The molecule has 0 aliphatic carbocycles. The van der Waals surface area contributed by atoms with Crippen LogP contribution in [0.2, 0.25) is 0 Å². The maximum absolute atomic E-state index is 12.5. The number of nitrogens with zero attached hydrogens (tertiary/aromatic N) is 2. The second kappa shape index (κ2) is 8.31. The molecule has 6 nitrogen and oxygen atoms in total. The van der Waals surface area contributed by atoms with Gasteiger partial charge in [0.05, 0.1) is 5.92 Å². The minimum atomic E-state index is -0.196. The third-order valence-corrected chi connectivity index (χ3v) is 5.59. The summed E-state index contributed by atoms with van der Waals surface area (Å²) in [6.45, 7) is 3.37. The Morgan fingerprint density at radius 1 is 1.27 bits per heavy atom. The third kappa shape index (κ3) is 4.40. The van der Waals surface area contributed by atoms with Gasteiger partial charge in [-0.15, -0.1) is 0 Å². The SMILES string of the molecule is Cc1csc(=O)n1CCC(=O)N1CCC[C@H](C(=O)Nc2ccccc2)C1. The van der Waals surface area contributed by atoms with Crippen LogP contribution in [0.25, 0.3) is 0 Å². The van der Waals surface area contributed by atoms with E-state index in [2.05, 4.69) is 5.32 Å². The first-order chi connectivity index (χ1) is 12.5. The lowest BCUT2D eigenvalue weighted by molar-refractivity contribution is -0.134. The molecule has 0 saturated carbocycles. The van der Waals surface area contributed by atoms with Gasteiger partial charge in [-0.2, -0.15) is 0 Å². The van der Waals surface area contributed by atoms with Gasteiger partial charge in [-0.25, -0.2) is 0 Å². The van der Waals surface area contributed by atoms with Crippen molar-refractivity contribution in [1.29, 1.82) is 0 Å². The van der Waals surface area contributed by atoms with Crippen molar-refractivity contribution >= 4 is 28.8 Å². The Morgan fingerprint density at radius 3 is 2.73 bits per heavy atom. The highest BCUT2D eigenvalue weighted by Crippen LogP contribution is 2.19. The van der Waals surface area contributed by atoms with Gasteiger partial charge in [0.1, 0.15) is 0 Å². The zero-order valence-electron chi connectivity index (χ0n) is 14.8. The summed E-state index contributed by atoms with van der Waals surface area (Å²) >= 11 is 1.15. The van der Waals surface area contributed by atoms with E-state index in [0.717, 1.165) is 35.6 Å². The van der Waals surface area contributed by atoms with Gasteiger partial charge in [0.2, 0.25) is 11.8 Å². The summed E-state index contributed by atoms with van der Waals surface area (Å²) in [5, 5.41) is 4.72. The number of piperidine rings is 1. The Balaban J connectivity index is 1.55. The number of benzene rings is 1. The molecule has 2 aromatic rings. The highest BCUT2D eigenvalue weighted by Gasteiger charge is 2.28. The molecular formula is C19H23N3O3S.